The molecule has 1 aromatic carbocycles. The number of aromatic amines is 2. The quantitative estimate of drug-likeness (QED) is 0.527. The van der Waals surface area contributed by atoms with E-state index in [1.54, 1.807) is 12.5 Å². The summed E-state index contributed by atoms with van der Waals surface area (Å²) in [5.41, 5.74) is 2.22. The average molecular weight is 413 g/mol. The van der Waals surface area contributed by atoms with Gasteiger partial charge in [0.1, 0.15) is 17.7 Å². The molecule has 5 rings (SSSR count). The number of anilines is 1. The number of nitrogens with zero attached hydrogens (tertiary/aromatic N) is 5. The normalized spacial score (nSPS) is 15.8. The first-order chi connectivity index (χ1) is 14.5. The van der Waals surface area contributed by atoms with Crippen LogP contribution in [0.1, 0.15) is 30.1 Å². The minimum Gasteiger partial charge on any atom is -0.355 e. The molecular weight excluding hydrogens is 395 g/mol. The van der Waals surface area contributed by atoms with Crippen molar-refractivity contribution in [2.45, 2.75) is 24.9 Å². The third kappa shape index (κ3) is 3.38. The average Bonchev–Trinajstić information content (AvgIpc) is 3.43. The van der Waals surface area contributed by atoms with Crippen LogP contribution < -0.4 is 4.90 Å². The number of nitrogens with one attached hydrogen (secondary N) is 2. The van der Waals surface area contributed by atoms with Crippen molar-refractivity contribution in [1.29, 1.82) is 0 Å². The Kier molecular flexibility index (Phi) is 4.41. The molecule has 30 heavy (non-hydrogen) atoms. The highest BCUT2D eigenvalue weighted by Gasteiger charge is 2.30. The predicted molar refractivity (Wildman–Crippen MR) is 105 cm³/mol. The van der Waals surface area contributed by atoms with Crippen molar-refractivity contribution in [3.63, 3.8) is 0 Å². The molecular formula is C20H18F3N7. The number of fused-ring (bicyclic) bond motifs is 1. The Balaban J connectivity index is 1.28. The number of alkyl halides is 3. The van der Waals surface area contributed by atoms with Crippen LogP contribution in [0.2, 0.25) is 0 Å². The molecule has 0 amide bonds. The number of benzene rings is 1. The maximum Gasteiger partial charge on any atom is 0.416 e. The molecule has 0 atom stereocenters. The van der Waals surface area contributed by atoms with Crippen LogP contribution in [0.4, 0.5) is 19.0 Å². The van der Waals surface area contributed by atoms with Gasteiger partial charge in [0.25, 0.3) is 0 Å². The molecule has 1 aliphatic rings. The summed E-state index contributed by atoms with van der Waals surface area (Å²) < 4.78 is 38.3. The Morgan fingerprint density at radius 3 is 2.47 bits per heavy atom. The number of piperidine rings is 1. The zero-order valence-corrected chi connectivity index (χ0v) is 15.8. The molecule has 0 aliphatic carbocycles. The molecule has 0 unspecified atom stereocenters. The van der Waals surface area contributed by atoms with E-state index in [2.05, 4.69) is 34.8 Å². The number of hydrogen-bond acceptors (Lipinski definition) is 5. The molecule has 3 aromatic heterocycles. The van der Waals surface area contributed by atoms with Crippen LogP contribution in [0.3, 0.4) is 0 Å². The second-order valence-electron chi connectivity index (χ2n) is 7.32. The summed E-state index contributed by atoms with van der Waals surface area (Å²) in [6, 6.07) is 5.11. The highest BCUT2D eigenvalue weighted by molar-refractivity contribution is 5.82. The lowest BCUT2D eigenvalue weighted by molar-refractivity contribution is -0.137. The van der Waals surface area contributed by atoms with Crippen molar-refractivity contribution in [3.05, 3.63) is 54.5 Å². The van der Waals surface area contributed by atoms with E-state index in [0.717, 1.165) is 60.9 Å². The van der Waals surface area contributed by atoms with Crippen LogP contribution in [0.5, 0.6) is 0 Å². The minimum atomic E-state index is -4.34. The number of rotatable bonds is 3. The molecule has 4 aromatic rings. The lowest BCUT2D eigenvalue weighted by atomic mass is 9.96. The summed E-state index contributed by atoms with van der Waals surface area (Å²) in [5, 5.41) is 0. The molecule has 0 spiro atoms. The number of halogens is 3. The Hall–Kier alpha value is -3.43. The van der Waals surface area contributed by atoms with E-state index in [1.807, 2.05) is 0 Å². The molecule has 2 N–H and O–H groups in total. The van der Waals surface area contributed by atoms with Gasteiger partial charge in [-0.05, 0) is 30.5 Å². The second kappa shape index (κ2) is 7.12. The van der Waals surface area contributed by atoms with Crippen molar-refractivity contribution < 1.29 is 13.2 Å². The first-order valence-electron chi connectivity index (χ1n) is 9.60. The molecule has 0 radical (unpaired) electrons. The first kappa shape index (κ1) is 18.6. The maximum absolute atomic E-state index is 12.8. The summed E-state index contributed by atoms with van der Waals surface area (Å²) in [4.78, 5) is 25.8. The van der Waals surface area contributed by atoms with Crippen molar-refractivity contribution in [3.8, 4) is 11.3 Å². The van der Waals surface area contributed by atoms with Crippen molar-refractivity contribution in [2.75, 3.05) is 18.0 Å². The van der Waals surface area contributed by atoms with Gasteiger partial charge < -0.3 is 14.9 Å². The van der Waals surface area contributed by atoms with E-state index < -0.39 is 11.7 Å². The summed E-state index contributed by atoms with van der Waals surface area (Å²) >= 11 is 0. The molecule has 154 valence electrons. The lowest BCUT2D eigenvalue weighted by Gasteiger charge is -2.32. The Bertz CT molecular complexity index is 1160. The predicted octanol–water partition coefficient (Wildman–Crippen LogP) is 4.15. The second-order valence-corrected chi connectivity index (χ2v) is 7.32. The third-order valence-corrected chi connectivity index (χ3v) is 5.50. The van der Waals surface area contributed by atoms with E-state index in [4.69, 9.17) is 0 Å². The first-order valence-corrected chi connectivity index (χ1v) is 9.60. The maximum atomic E-state index is 12.8. The van der Waals surface area contributed by atoms with Crippen LogP contribution in [0.25, 0.3) is 22.4 Å². The number of H-pyrrole nitrogens is 2. The zero-order chi connectivity index (χ0) is 20.7. The SMILES string of the molecule is FC(F)(F)c1ccc(-c2cnc(C3CCN(c4ncnc5nc[nH]c45)CC3)[nH]2)cc1. The van der Waals surface area contributed by atoms with Gasteiger partial charge in [-0.2, -0.15) is 13.2 Å². The van der Waals surface area contributed by atoms with Gasteiger partial charge in [0.05, 0.1) is 23.8 Å². The van der Waals surface area contributed by atoms with Gasteiger partial charge in [-0.1, -0.05) is 12.1 Å². The van der Waals surface area contributed by atoms with Crippen LogP contribution >= 0.6 is 0 Å². The Labute approximate surface area is 169 Å². The van der Waals surface area contributed by atoms with Crippen LogP contribution in [-0.2, 0) is 6.18 Å². The van der Waals surface area contributed by atoms with E-state index in [9.17, 15) is 13.2 Å². The van der Waals surface area contributed by atoms with E-state index in [1.165, 1.54) is 18.5 Å². The number of aromatic nitrogens is 6. The summed E-state index contributed by atoms with van der Waals surface area (Å²) in [6.07, 6.45) is 2.26. The van der Waals surface area contributed by atoms with Crippen molar-refractivity contribution in [1.82, 2.24) is 29.9 Å². The van der Waals surface area contributed by atoms with Crippen LogP contribution in [0, 0.1) is 0 Å². The molecule has 1 aliphatic heterocycles. The minimum absolute atomic E-state index is 0.253. The summed E-state index contributed by atoms with van der Waals surface area (Å²) in [6.45, 7) is 1.62. The molecule has 1 fully saturated rings. The van der Waals surface area contributed by atoms with Gasteiger partial charge in [-0.3, -0.25) is 0 Å². The van der Waals surface area contributed by atoms with Crippen molar-refractivity contribution in [2.24, 2.45) is 0 Å². The van der Waals surface area contributed by atoms with E-state index in [0.29, 0.717) is 11.2 Å². The smallest absolute Gasteiger partial charge is 0.355 e. The van der Waals surface area contributed by atoms with Crippen LogP contribution in [0.15, 0.2) is 43.1 Å². The molecule has 0 bridgehead atoms. The van der Waals surface area contributed by atoms with E-state index >= 15 is 0 Å². The van der Waals surface area contributed by atoms with Gasteiger partial charge >= 0.3 is 6.18 Å². The fourth-order valence-corrected chi connectivity index (χ4v) is 3.89. The molecule has 1 saturated heterocycles. The fourth-order valence-electron chi connectivity index (χ4n) is 3.89. The van der Waals surface area contributed by atoms with Gasteiger partial charge in [0.15, 0.2) is 11.5 Å². The third-order valence-electron chi connectivity index (χ3n) is 5.50. The topological polar surface area (TPSA) is 86.4 Å². The Morgan fingerprint density at radius 2 is 1.73 bits per heavy atom. The fraction of sp³-hybridized carbons (Fsp3) is 0.300. The van der Waals surface area contributed by atoms with Crippen LogP contribution in [-0.4, -0.2) is 43.0 Å². The van der Waals surface area contributed by atoms with Crippen molar-refractivity contribution >= 4 is 17.0 Å². The van der Waals surface area contributed by atoms with Gasteiger partial charge in [0, 0.05) is 19.0 Å². The van der Waals surface area contributed by atoms with E-state index in [-0.39, 0.29) is 5.92 Å². The van der Waals surface area contributed by atoms with Gasteiger partial charge in [-0.15, -0.1) is 0 Å². The molecule has 0 saturated carbocycles. The van der Waals surface area contributed by atoms with Gasteiger partial charge in [-0.25, -0.2) is 19.9 Å². The molecule has 7 nitrogen and oxygen atoms in total. The summed E-state index contributed by atoms with van der Waals surface area (Å²) in [5.74, 6) is 1.96. The largest absolute Gasteiger partial charge is 0.416 e. The molecule has 10 heteroatoms. The number of hydrogen-bond donors (Lipinski definition) is 2. The zero-order valence-electron chi connectivity index (χ0n) is 15.8. The highest BCUT2D eigenvalue weighted by Crippen LogP contribution is 2.33. The van der Waals surface area contributed by atoms with Gasteiger partial charge in [0.2, 0.25) is 0 Å². The monoisotopic (exact) mass is 413 g/mol. The lowest BCUT2D eigenvalue weighted by Crippen LogP contribution is -2.34. The molecule has 4 heterocycles. The highest BCUT2D eigenvalue weighted by atomic mass is 19.4. The Morgan fingerprint density at radius 1 is 0.967 bits per heavy atom. The number of imidazole rings is 2. The summed E-state index contributed by atoms with van der Waals surface area (Å²) in [7, 11) is 0. The standard InChI is InChI=1S/C20H18F3N7/c21-20(22,23)14-3-1-12(2-4-14)15-9-24-17(29-15)13-5-7-30(8-6-13)19-16-18(26-10-25-16)27-11-28-19/h1-4,9-11,13H,5-8H2,(H,24,29)(H,25,26,27,28).